The molecule has 4 heterocycles. The number of nitrogens with two attached hydrogens (primary N) is 6. The summed E-state index contributed by atoms with van der Waals surface area (Å²) in [4.78, 5) is 192. The van der Waals surface area contributed by atoms with Crippen LogP contribution in [0.15, 0.2) is 54.6 Å². The summed E-state index contributed by atoms with van der Waals surface area (Å²) in [6.45, 7) is 3.76. The van der Waals surface area contributed by atoms with Crippen LogP contribution in [0.4, 0.5) is 0 Å². The number of amides is 12. The van der Waals surface area contributed by atoms with Crippen LogP contribution in [0.1, 0.15) is 147 Å². The Hall–Kier alpha value is -12.3. The molecule has 2 aromatic rings. The first-order chi connectivity index (χ1) is 56.6. The Balaban J connectivity index is 1.20. The summed E-state index contributed by atoms with van der Waals surface area (Å²) >= 11 is 0. The van der Waals surface area contributed by atoms with E-state index in [1.165, 1.54) is 43.9 Å². The minimum atomic E-state index is -1.44. The van der Waals surface area contributed by atoms with Crippen LogP contribution in [-0.2, 0) is 75.2 Å². The van der Waals surface area contributed by atoms with Crippen LogP contribution < -0.4 is 104 Å². The SMILES string of the molecule is CC(C)C[C@H](NC(=O)[C@H](Cc1ccc(O)cc1)NC(=O)[C@@H]1CCCN1C(=O)[C@@H]1CCCN1C(=O)[C@H](CCCNC(=N)N)NC(=O)[C@@H]1CCCN1C(=O)[C@H](CCCNC(=N)N)NC(=O)[C@H](CCCNC(=N)N)NC(=O)[C@@H](N)CCCNC(=N)N)C(=O)N1CCC[C@H]1C(=O)N[C@@H](CCCNC(=N)N)C(=O)N[C@@H](Cc1ccccc1)C(=O)NCC(=O)O. The Labute approximate surface area is 690 Å². The van der Waals surface area contributed by atoms with E-state index in [2.05, 4.69) is 69.1 Å². The highest BCUT2D eigenvalue weighted by atomic mass is 16.4. The fraction of sp³-hybridized carbons (Fsp3) is 0.605. The van der Waals surface area contributed by atoms with Crippen LogP contribution in [0.3, 0.4) is 0 Å². The number of benzene rings is 2. The maximum atomic E-state index is 15.2. The van der Waals surface area contributed by atoms with E-state index in [1.807, 2.05) is 13.8 Å². The molecule has 12 atom stereocenters. The maximum Gasteiger partial charge on any atom is 0.322 e. The molecule has 0 spiro atoms. The number of aromatic hydroxyl groups is 1. The van der Waals surface area contributed by atoms with E-state index in [-0.39, 0.29) is 203 Å². The first-order valence-corrected chi connectivity index (χ1v) is 40.4. The molecule has 12 amide bonds. The van der Waals surface area contributed by atoms with E-state index in [0.29, 0.717) is 43.2 Å². The first kappa shape index (κ1) is 95.5. The monoisotopic (exact) mass is 1670 g/mol. The number of nitrogens with one attached hydrogen (secondary N) is 18. The number of likely N-dealkylation sites (tertiary alicyclic amines) is 4. The lowest BCUT2D eigenvalue weighted by Crippen LogP contribution is -2.60. The molecular formula is C76H122N28O15. The highest BCUT2D eigenvalue weighted by Gasteiger charge is 2.47. The van der Waals surface area contributed by atoms with Crippen molar-refractivity contribution >= 4 is 107 Å². The summed E-state index contributed by atoms with van der Waals surface area (Å²) in [5.41, 5.74) is 34.9. The van der Waals surface area contributed by atoms with Crippen LogP contribution >= 0.6 is 0 Å². The molecule has 0 radical (unpaired) electrons. The summed E-state index contributed by atoms with van der Waals surface area (Å²) in [6.07, 6.45) is 2.65. The summed E-state index contributed by atoms with van der Waals surface area (Å²) in [5.74, 6) is -12.1. The standard InChI is InChI=1S/C76H122N28O15/c1-43(2)39-54(70(118)102-36-12-22-55(102)65(113)95-49(19-8-32-90-74(82)83)63(111)98-52(61(109)93-42-59(106)107)40-44-15-4-3-5-16-44)100-64(112)53(41-45-26-28-46(105)29-27-45)99-67(115)57-24-13-37-103(57)71(119)58-25-14-38-104(58)69(117)51(21-10-34-92-76(86)87)97-66(114)56-23-11-35-101(56)68(116)50(20-9-33-91-75(84)85)96-62(110)48(18-7-31-89-73(80)81)94-60(108)47(77)17-6-30-88-72(78)79/h3-5,15-16,26-29,43,47-58,105H,6-14,17-25,30-42,77H2,1-2H3,(H,93,109)(H,94,108)(H,95,113)(H,96,110)(H,97,114)(H,98,111)(H,99,115)(H,100,112)(H,106,107)(H4,78,79,88)(H4,80,81,89)(H4,82,83,90)(H4,84,85,91)(H4,86,87,92)/t47-,48-,49-,50-,51-,52-,53-,54-,55-,56-,57-,58-/m0/s1. The number of carboxylic acid groups (broad SMARTS) is 1. The number of carbonyl (C=O) groups excluding carboxylic acids is 12. The van der Waals surface area contributed by atoms with Gasteiger partial charge in [0.15, 0.2) is 29.8 Å². The minimum Gasteiger partial charge on any atom is -0.508 e. The van der Waals surface area contributed by atoms with Crippen molar-refractivity contribution in [2.75, 3.05) is 65.4 Å². The summed E-state index contributed by atoms with van der Waals surface area (Å²) < 4.78 is 0. The predicted octanol–water partition coefficient (Wildman–Crippen LogP) is -5.57. The number of nitrogens with zero attached hydrogens (tertiary/aromatic N) is 4. The second-order valence-corrected chi connectivity index (χ2v) is 30.5. The summed E-state index contributed by atoms with van der Waals surface area (Å²) in [6, 6.07) is -0.693. The van der Waals surface area contributed by atoms with Crippen molar-refractivity contribution in [1.82, 2.24) is 88.7 Å². The van der Waals surface area contributed by atoms with Crippen molar-refractivity contribution < 1.29 is 72.5 Å². The van der Waals surface area contributed by atoms with Crippen molar-refractivity contribution in [3.05, 3.63) is 65.7 Å². The second-order valence-electron chi connectivity index (χ2n) is 30.5. The fourth-order valence-corrected chi connectivity index (χ4v) is 14.8. The van der Waals surface area contributed by atoms with Crippen LogP contribution in [0.25, 0.3) is 0 Å². The van der Waals surface area contributed by atoms with Gasteiger partial charge in [-0.1, -0.05) is 56.3 Å². The second kappa shape index (κ2) is 48.4. The van der Waals surface area contributed by atoms with Gasteiger partial charge in [-0.25, -0.2) is 0 Å². The zero-order chi connectivity index (χ0) is 87.4. The van der Waals surface area contributed by atoms with Crippen LogP contribution in [0.2, 0.25) is 0 Å². The zero-order valence-electron chi connectivity index (χ0n) is 67.6. The zero-order valence-corrected chi connectivity index (χ0v) is 67.6. The van der Waals surface area contributed by atoms with Crippen molar-refractivity contribution in [3.63, 3.8) is 0 Å². The molecular weight excluding hydrogens is 1550 g/mol. The topological polar surface area (TPSA) is 707 Å². The lowest BCUT2D eigenvalue weighted by Gasteiger charge is -2.34. The molecule has 656 valence electrons. The molecule has 0 saturated carbocycles. The van der Waals surface area contributed by atoms with Crippen molar-refractivity contribution in [1.29, 1.82) is 27.0 Å². The van der Waals surface area contributed by atoms with Crippen molar-refractivity contribution in [2.45, 2.75) is 221 Å². The maximum absolute atomic E-state index is 15.2. The molecule has 6 rings (SSSR count). The molecule has 32 N–H and O–H groups in total. The van der Waals surface area contributed by atoms with Crippen molar-refractivity contribution in [3.8, 4) is 5.75 Å². The smallest absolute Gasteiger partial charge is 0.322 e. The Morgan fingerprint density at radius 3 is 1.17 bits per heavy atom. The van der Waals surface area contributed by atoms with Gasteiger partial charge >= 0.3 is 5.97 Å². The third-order valence-electron chi connectivity index (χ3n) is 20.8. The van der Waals surface area contributed by atoms with Gasteiger partial charge in [0.2, 0.25) is 70.9 Å². The first-order valence-electron chi connectivity index (χ1n) is 40.4. The quantitative estimate of drug-likeness (QED) is 0.0167. The van der Waals surface area contributed by atoms with Gasteiger partial charge in [-0.3, -0.25) is 89.4 Å². The van der Waals surface area contributed by atoms with Crippen molar-refractivity contribution in [2.24, 2.45) is 40.3 Å². The molecule has 0 aliphatic carbocycles. The number of phenolic OH excluding ortho intramolecular Hbond substituents is 1. The average Bonchev–Trinajstić information content (AvgIpc) is 1.68. The third-order valence-corrected chi connectivity index (χ3v) is 20.8. The van der Waals surface area contributed by atoms with Crippen LogP contribution in [0.5, 0.6) is 5.75 Å². The molecule has 43 heteroatoms. The molecule has 4 fully saturated rings. The highest BCUT2D eigenvalue weighted by molar-refractivity contribution is 6.00. The molecule has 0 bridgehead atoms. The number of phenols is 1. The van der Waals surface area contributed by atoms with Gasteiger partial charge in [0.1, 0.15) is 78.8 Å². The van der Waals surface area contributed by atoms with Gasteiger partial charge in [-0.15, -0.1) is 0 Å². The van der Waals surface area contributed by atoms with Crippen LogP contribution in [-0.4, -0.2) is 274 Å². The Kier molecular flexibility index (Phi) is 38.8. The normalized spacial score (nSPS) is 18.2. The Bertz CT molecular complexity index is 3880. The Morgan fingerprint density at radius 2 is 0.723 bits per heavy atom. The van der Waals surface area contributed by atoms with E-state index in [1.54, 1.807) is 30.3 Å². The molecule has 0 unspecified atom stereocenters. The van der Waals surface area contributed by atoms with E-state index < -0.39 is 156 Å². The largest absolute Gasteiger partial charge is 0.508 e. The molecule has 4 aliphatic rings. The molecule has 4 aliphatic heterocycles. The van der Waals surface area contributed by atoms with Crippen LogP contribution in [0, 0.1) is 33.0 Å². The van der Waals surface area contributed by atoms with Gasteiger partial charge < -0.3 is 133 Å². The highest BCUT2D eigenvalue weighted by Crippen LogP contribution is 2.29. The number of carboxylic acids is 1. The molecule has 43 nitrogen and oxygen atoms in total. The summed E-state index contributed by atoms with van der Waals surface area (Å²) in [5, 5.41) is 92.6. The van der Waals surface area contributed by atoms with Gasteiger partial charge in [-0.05, 0) is 151 Å². The molecule has 4 saturated heterocycles. The lowest BCUT2D eigenvalue weighted by atomic mass is 9.99. The number of hydrogen-bond donors (Lipinski definition) is 26. The van der Waals surface area contributed by atoms with Gasteiger partial charge in [0.05, 0.1) is 6.04 Å². The number of aliphatic carboxylic acids is 1. The molecule has 2 aromatic carbocycles. The average molecular weight is 1670 g/mol. The number of guanidine groups is 5. The lowest BCUT2D eigenvalue weighted by molar-refractivity contribution is -0.148. The number of hydrogen-bond acceptors (Lipinski definition) is 20. The third kappa shape index (κ3) is 31.6. The fourth-order valence-electron chi connectivity index (χ4n) is 14.8. The Morgan fingerprint density at radius 1 is 0.395 bits per heavy atom. The van der Waals surface area contributed by atoms with Gasteiger partial charge in [0.25, 0.3) is 0 Å². The van der Waals surface area contributed by atoms with Gasteiger partial charge in [-0.2, -0.15) is 0 Å². The predicted molar refractivity (Wildman–Crippen MR) is 438 cm³/mol. The van der Waals surface area contributed by atoms with E-state index in [9.17, 15) is 53.4 Å². The minimum absolute atomic E-state index is 0.00892. The van der Waals surface area contributed by atoms with Gasteiger partial charge in [0, 0.05) is 71.7 Å². The number of carbonyl (C=O) groups is 13. The van der Waals surface area contributed by atoms with E-state index in [0.717, 1.165) is 0 Å². The van der Waals surface area contributed by atoms with E-state index >= 15 is 19.2 Å². The molecule has 119 heavy (non-hydrogen) atoms. The number of rotatable bonds is 47. The molecule has 0 aromatic heterocycles. The summed E-state index contributed by atoms with van der Waals surface area (Å²) in [7, 11) is 0. The van der Waals surface area contributed by atoms with E-state index in [4.69, 9.17) is 61.4 Å².